The molecule has 1 aromatic heterocycles. The molecule has 0 aliphatic rings. The summed E-state index contributed by atoms with van der Waals surface area (Å²) in [5.41, 5.74) is 2.36. The largest absolute Gasteiger partial charge is 0.261 e. The van der Waals surface area contributed by atoms with Crippen molar-refractivity contribution in [3.8, 4) is 0 Å². The third-order valence-corrected chi connectivity index (χ3v) is 2.01. The van der Waals surface area contributed by atoms with E-state index >= 15 is 0 Å². The lowest BCUT2D eigenvalue weighted by atomic mass is 9.94. The molecule has 0 saturated heterocycles. The molecule has 0 atom stereocenters. The first-order valence-electron chi connectivity index (χ1n) is 4.09. The fourth-order valence-corrected chi connectivity index (χ4v) is 1.37. The van der Waals surface area contributed by atoms with Gasteiger partial charge in [-0.05, 0) is 23.8 Å². The topological polar surface area (TPSA) is 12.9 Å². The van der Waals surface area contributed by atoms with Crippen molar-refractivity contribution in [1.82, 2.24) is 4.98 Å². The Hall–Kier alpha value is -1.31. The Bertz CT molecular complexity index is 382. The molecule has 1 nitrogen and oxygen atoms in total. The monoisotopic (exact) mass is 155 g/mol. The summed E-state index contributed by atoms with van der Waals surface area (Å²) in [6.45, 7) is 2.01. The van der Waals surface area contributed by atoms with Gasteiger partial charge in [-0.3, -0.25) is 4.98 Å². The molecule has 1 heterocycles. The Kier molecular flexibility index (Phi) is 1.61. The van der Waals surface area contributed by atoms with E-state index in [-0.39, 0.29) is 0 Å². The average Bonchev–Trinajstić information content (AvgIpc) is 2.05. The zero-order chi connectivity index (χ0) is 8.55. The molecule has 0 unspecified atom stereocenters. The Labute approximate surface area is 72.8 Å². The average molecular weight is 155 g/mol. The minimum atomic E-state index is 1.08. The predicted octanol–water partition coefficient (Wildman–Crippen LogP) is 0.802. The van der Waals surface area contributed by atoms with E-state index in [1.54, 1.807) is 0 Å². The van der Waals surface area contributed by atoms with Gasteiger partial charge < -0.3 is 0 Å². The minimum absolute atomic E-state index is 1.08. The molecule has 0 fully saturated rings. The van der Waals surface area contributed by atoms with Gasteiger partial charge in [-0.2, -0.15) is 0 Å². The van der Waals surface area contributed by atoms with Crippen LogP contribution in [-0.4, -0.2) is 12.8 Å². The maximum Gasteiger partial charge on any atom is 0.139 e. The molecule has 2 aromatic rings. The fraction of sp³-hybridized carbons (Fsp3) is 0.100. The van der Waals surface area contributed by atoms with Crippen LogP contribution in [0.2, 0.25) is 0 Å². The number of hydrogen-bond acceptors (Lipinski definition) is 1. The number of aromatic nitrogens is 1. The third kappa shape index (κ3) is 1.20. The van der Waals surface area contributed by atoms with Crippen LogP contribution in [0.1, 0.15) is 5.69 Å². The highest BCUT2D eigenvalue weighted by Crippen LogP contribution is 2.11. The lowest BCUT2D eigenvalue weighted by Gasteiger charge is -1.99. The van der Waals surface area contributed by atoms with Gasteiger partial charge in [0.15, 0.2) is 0 Å². The second-order valence-corrected chi connectivity index (χ2v) is 3.18. The highest BCUT2D eigenvalue weighted by molar-refractivity contribution is 6.33. The fourth-order valence-electron chi connectivity index (χ4n) is 1.37. The van der Waals surface area contributed by atoms with Crippen molar-refractivity contribution in [2.75, 3.05) is 0 Å². The van der Waals surface area contributed by atoms with Crippen LogP contribution in [0, 0.1) is 6.92 Å². The zero-order valence-electron chi connectivity index (χ0n) is 7.33. The van der Waals surface area contributed by atoms with Gasteiger partial charge in [0.05, 0.1) is 0 Å². The number of nitrogens with zero attached hydrogens (tertiary/aromatic N) is 1. The Morgan fingerprint density at radius 1 is 1.17 bits per heavy atom. The molecule has 2 heteroatoms. The van der Waals surface area contributed by atoms with Crippen molar-refractivity contribution in [3.05, 3.63) is 36.2 Å². The molecule has 0 radical (unpaired) electrons. The molecule has 0 amide bonds. The maximum absolute atomic E-state index is 4.25. The number of benzene rings is 1. The van der Waals surface area contributed by atoms with E-state index in [1.807, 2.05) is 13.1 Å². The second-order valence-electron chi connectivity index (χ2n) is 3.18. The Balaban J connectivity index is 2.79. The summed E-state index contributed by atoms with van der Waals surface area (Å²) < 4.78 is 0. The molecule has 0 saturated carbocycles. The quantitative estimate of drug-likeness (QED) is 0.513. The number of rotatable bonds is 0. The molecule has 1 aromatic carbocycles. The Morgan fingerprint density at radius 3 is 2.83 bits per heavy atom. The molecule has 2 rings (SSSR count). The van der Waals surface area contributed by atoms with Crippen molar-refractivity contribution < 1.29 is 0 Å². The van der Waals surface area contributed by atoms with Crippen LogP contribution < -0.4 is 5.46 Å². The van der Waals surface area contributed by atoms with Gasteiger partial charge in [0.1, 0.15) is 7.85 Å². The summed E-state index contributed by atoms with van der Waals surface area (Å²) in [7, 11) is 2.10. The van der Waals surface area contributed by atoms with Crippen LogP contribution >= 0.6 is 0 Å². The Morgan fingerprint density at radius 2 is 2.00 bits per heavy atom. The van der Waals surface area contributed by atoms with Crippen LogP contribution in [-0.2, 0) is 0 Å². The van der Waals surface area contributed by atoms with Crippen LogP contribution in [0.25, 0.3) is 10.8 Å². The van der Waals surface area contributed by atoms with E-state index in [1.165, 1.54) is 16.2 Å². The van der Waals surface area contributed by atoms with Crippen LogP contribution in [0.3, 0.4) is 0 Å². The van der Waals surface area contributed by atoms with Crippen molar-refractivity contribution >= 4 is 24.1 Å². The summed E-state index contributed by atoms with van der Waals surface area (Å²) in [5, 5.41) is 2.49. The maximum atomic E-state index is 4.25. The standard InChI is InChI=1S/C10H10BN/c1-7-4-8-2-3-10(11)5-9(8)6-12-7/h2-6H,11H2,1H3. The van der Waals surface area contributed by atoms with E-state index in [9.17, 15) is 0 Å². The molecular formula is C10H10BN. The molecule has 0 spiro atoms. The minimum Gasteiger partial charge on any atom is -0.261 e. The molecule has 12 heavy (non-hydrogen) atoms. The molecule has 0 bridgehead atoms. The van der Waals surface area contributed by atoms with Gasteiger partial charge in [-0.25, -0.2) is 0 Å². The molecule has 0 aliphatic carbocycles. The summed E-state index contributed by atoms with van der Waals surface area (Å²) in [4.78, 5) is 4.25. The van der Waals surface area contributed by atoms with Crippen LogP contribution in [0.15, 0.2) is 30.5 Å². The van der Waals surface area contributed by atoms with Gasteiger partial charge in [-0.1, -0.05) is 23.7 Å². The van der Waals surface area contributed by atoms with Gasteiger partial charge in [-0.15, -0.1) is 0 Å². The van der Waals surface area contributed by atoms with E-state index < -0.39 is 0 Å². The van der Waals surface area contributed by atoms with Gasteiger partial charge in [0.25, 0.3) is 0 Å². The third-order valence-electron chi connectivity index (χ3n) is 2.01. The predicted molar refractivity (Wildman–Crippen MR) is 54.7 cm³/mol. The first-order valence-corrected chi connectivity index (χ1v) is 4.09. The second kappa shape index (κ2) is 2.63. The van der Waals surface area contributed by atoms with Gasteiger partial charge in [0, 0.05) is 11.9 Å². The zero-order valence-corrected chi connectivity index (χ0v) is 7.33. The van der Waals surface area contributed by atoms with Crippen LogP contribution in [0.5, 0.6) is 0 Å². The van der Waals surface area contributed by atoms with Gasteiger partial charge >= 0.3 is 0 Å². The van der Waals surface area contributed by atoms with E-state index in [2.05, 4.69) is 37.1 Å². The van der Waals surface area contributed by atoms with E-state index in [4.69, 9.17) is 0 Å². The first kappa shape index (κ1) is 7.35. The lowest BCUT2D eigenvalue weighted by Crippen LogP contribution is -1.99. The van der Waals surface area contributed by atoms with Gasteiger partial charge in [0.2, 0.25) is 0 Å². The van der Waals surface area contributed by atoms with Crippen molar-refractivity contribution in [3.63, 3.8) is 0 Å². The summed E-state index contributed by atoms with van der Waals surface area (Å²) in [6, 6.07) is 8.53. The van der Waals surface area contributed by atoms with Crippen molar-refractivity contribution in [2.24, 2.45) is 0 Å². The summed E-state index contributed by atoms with van der Waals surface area (Å²) in [6.07, 6.45) is 1.93. The normalized spacial score (nSPS) is 10.4. The summed E-state index contributed by atoms with van der Waals surface area (Å²) >= 11 is 0. The summed E-state index contributed by atoms with van der Waals surface area (Å²) in [5.74, 6) is 0. The molecular weight excluding hydrogens is 145 g/mol. The van der Waals surface area contributed by atoms with E-state index in [0.717, 1.165) is 5.69 Å². The number of hydrogen-bond donors (Lipinski definition) is 0. The highest BCUT2D eigenvalue weighted by atomic mass is 14.6. The number of pyridine rings is 1. The van der Waals surface area contributed by atoms with E-state index in [0.29, 0.717) is 0 Å². The molecule has 0 aliphatic heterocycles. The number of aryl methyl sites for hydroxylation is 1. The highest BCUT2D eigenvalue weighted by Gasteiger charge is 1.93. The first-order chi connectivity index (χ1) is 5.75. The number of fused-ring (bicyclic) bond motifs is 1. The van der Waals surface area contributed by atoms with Crippen molar-refractivity contribution in [2.45, 2.75) is 6.92 Å². The SMILES string of the molecule is Bc1ccc2cc(C)ncc2c1. The molecule has 0 N–H and O–H groups in total. The van der Waals surface area contributed by atoms with Crippen LogP contribution in [0.4, 0.5) is 0 Å². The van der Waals surface area contributed by atoms with Crippen molar-refractivity contribution in [1.29, 1.82) is 0 Å². The molecule has 58 valence electrons. The lowest BCUT2D eigenvalue weighted by molar-refractivity contribution is 1.22. The smallest absolute Gasteiger partial charge is 0.139 e.